The van der Waals surface area contributed by atoms with Gasteiger partial charge >= 0.3 is 0 Å². The molecule has 2 saturated heterocycles. The maximum absolute atomic E-state index is 6.55. The molecule has 0 amide bonds. The largest absolute Gasteiger partial charge is 0.359 e. The van der Waals surface area contributed by atoms with E-state index in [2.05, 4.69) is 32.6 Å². The Morgan fingerprint density at radius 2 is 2.00 bits per heavy atom. The van der Waals surface area contributed by atoms with E-state index in [9.17, 15) is 0 Å². The van der Waals surface area contributed by atoms with Crippen LogP contribution in [0.3, 0.4) is 0 Å². The first-order valence-electron chi connectivity index (χ1n) is 7.96. The summed E-state index contributed by atoms with van der Waals surface area (Å²) in [6.45, 7) is 10.9. The van der Waals surface area contributed by atoms with Gasteiger partial charge in [-0.25, -0.2) is 0 Å². The minimum absolute atomic E-state index is 0.345. The van der Waals surface area contributed by atoms with E-state index >= 15 is 0 Å². The summed E-state index contributed by atoms with van der Waals surface area (Å²) < 4.78 is 6.55. The lowest BCUT2D eigenvalue weighted by Gasteiger charge is -2.56. The van der Waals surface area contributed by atoms with Crippen LogP contribution in [0.2, 0.25) is 0 Å². The van der Waals surface area contributed by atoms with E-state index in [4.69, 9.17) is 4.74 Å². The van der Waals surface area contributed by atoms with Crippen molar-refractivity contribution in [2.24, 2.45) is 17.8 Å². The topological polar surface area (TPSA) is 12.5 Å². The van der Waals surface area contributed by atoms with Gasteiger partial charge in [0.1, 0.15) is 6.23 Å². The van der Waals surface area contributed by atoms with Crippen molar-refractivity contribution in [3.8, 4) is 0 Å². The van der Waals surface area contributed by atoms with Crippen molar-refractivity contribution in [3.63, 3.8) is 0 Å². The lowest BCUT2D eigenvalue weighted by Crippen LogP contribution is -2.63. The molecule has 3 rings (SSSR count). The number of rotatable bonds is 1. The highest BCUT2D eigenvalue weighted by Gasteiger charge is 2.53. The van der Waals surface area contributed by atoms with Crippen LogP contribution in [-0.4, -0.2) is 29.3 Å². The smallest absolute Gasteiger partial charge is 0.114 e. The zero-order valence-electron chi connectivity index (χ0n) is 12.5. The molecule has 0 spiro atoms. The van der Waals surface area contributed by atoms with Gasteiger partial charge in [0.05, 0.1) is 6.10 Å². The zero-order valence-corrected chi connectivity index (χ0v) is 12.5. The summed E-state index contributed by atoms with van der Waals surface area (Å²) in [4.78, 5) is 2.68. The molecule has 0 aromatic heterocycles. The summed E-state index contributed by atoms with van der Waals surface area (Å²) in [5, 5.41) is 0. The summed E-state index contributed by atoms with van der Waals surface area (Å²) in [6, 6.07) is 0. The molecule has 2 heteroatoms. The lowest BCUT2D eigenvalue weighted by molar-refractivity contribution is -0.228. The molecule has 2 nitrogen and oxygen atoms in total. The van der Waals surface area contributed by atoms with E-state index in [1.54, 1.807) is 0 Å². The van der Waals surface area contributed by atoms with Crippen molar-refractivity contribution in [3.05, 3.63) is 0 Å². The normalized spacial score (nSPS) is 47.7. The fourth-order valence-electron chi connectivity index (χ4n) is 4.71. The Balaban J connectivity index is 1.85. The first kappa shape index (κ1) is 12.9. The second-order valence-corrected chi connectivity index (χ2v) is 7.39. The van der Waals surface area contributed by atoms with Crippen molar-refractivity contribution in [2.45, 2.75) is 77.7 Å². The van der Waals surface area contributed by atoms with Crippen LogP contribution in [0.15, 0.2) is 0 Å². The molecule has 3 aliphatic rings. The molecule has 2 aliphatic heterocycles. The molecule has 1 saturated carbocycles. The van der Waals surface area contributed by atoms with E-state index in [1.165, 1.54) is 38.6 Å². The highest BCUT2D eigenvalue weighted by Crippen LogP contribution is 2.49. The van der Waals surface area contributed by atoms with Crippen LogP contribution in [-0.2, 0) is 4.74 Å². The molecule has 5 atom stereocenters. The number of fused-ring (bicyclic) bond motifs is 2. The standard InChI is InChI=1S/C16H29NO/c1-5-12-8-9-17-15(12)18-14-10-11(2)6-7-13(14)16(17,3)4/h11-15H,5-10H2,1-4H3/t11-,12-,13-,14-,15+/m1/s1. The summed E-state index contributed by atoms with van der Waals surface area (Å²) in [5.41, 5.74) is 0.345. The summed E-state index contributed by atoms with van der Waals surface area (Å²) in [7, 11) is 0. The van der Waals surface area contributed by atoms with Crippen LogP contribution in [0.1, 0.15) is 59.8 Å². The predicted molar refractivity (Wildman–Crippen MR) is 74.3 cm³/mol. The van der Waals surface area contributed by atoms with Crippen LogP contribution >= 0.6 is 0 Å². The SMILES string of the molecule is CC[C@@H]1CCN2[C@H]1O[C@@H]1C[C@H](C)CC[C@H]1C2(C)C. The zero-order chi connectivity index (χ0) is 12.9. The average molecular weight is 251 g/mol. The van der Waals surface area contributed by atoms with Crippen LogP contribution in [0, 0.1) is 17.8 Å². The molecule has 0 radical (unpaired) electrons. The molecular formula is C16H29NO. The molecule has 3 fully saturated rings. The minimum atomic E-state index is 0.345. The molecule has 0 aromatic carbocycles. The van der Waals surface area contributed by atoms with E-state index in [-0.39, 0.29) is 0 Å². The molecular weight excluding hydrogens is 222 g/mol. The molecule has 0 N–H and O–H groups in total. The Bertz CT molecular complexity index is 310. The van der Waals surface area contributed by atoms with Crippen molar-refractivity contribution in [1.82, 2.24) is 4.90 Å². The minimum Gasteiger partial charge on any atom is -0.359 e. The molecule has 0 bridgehead atoms. The third-order valence-electron chi connectivity index (χ3n) is 5.99. The van der Waals surface area contributed by atoms with Crippen molar-refractivity contribution < 1.29 is 4.74 Å². The van der Waals surface area contributed by atoms with Gasteiger partial charge in [0.15, 0.2) is 0 Å². The van der Waals surface area contributed by atoms with Gasteiger partial charge in [-0.2, -0.15) is 0 Å². The predicted octanol–water partition coefficient (Wildman–Crippen LogP) is 3.66. The van der Waals surface area contributed by atoms with Crippen LogP contribution in [0.25, 0.3) is 0 Å². The monoisotopic (exact) mass is 251 g/mol. The summed E-state index contributed by atoms with van der Waals surface area (Å²) in [5.74, 6) is 2.37. The second kappa shape index (κ2) is 4.49. The van der Waals surface area contributed by atoms with Gasteiger partial charge in [0, 0.05) is 18.0 Å². The highest BCUT2D eigenvalue weighted by molar-refractivity contribution is 5.03. The third-order valence-corrected chi connectivity index (χ3v) is 5.99. The Kier molecular flexibility index (Phi) is 3.22. The third kappa shape index (κ3) is 1.84. The second-order valence-electron chi connectivity index (χ2n) is 7.39. The first-order valence-corrected chi connectivity index (χ1v) is 7.96. The quantitative estimate of drug-likeness (QED) is 0.705. The molecule has 1 aliphatic carbocycles. The van der Waals surface area contributed by atoms with Gasteiger partial charge < -0.3 is 4.74 Å². The van der Waals surface area contributed by atoms with E-state index < -0.39 is 0 Å². The first-order chi connectivity index (χ1) is 8.54. The van der Waals surface area contributed by atoms with Gasteiger partial charge in [-0.3, -0.25) is 4.90 Å². The van der Waals surface area contributed by atoms with Crippen molar-refractivity contribution in [1.29, 1.82) is 0 Å². The number of hydrogen-bond acceptors (Lipinski definition) is 2. The number of hydrogen-bond donors (Lipinski definition) is 0. The highest BCUT2D eigenvalue weighted by atomic mass is 16.5. The fraction of sp³-hybridized carbons (Fsp3) is 1.00. The van der Waals surface area contributed by atoms with Crippen LogP contribution in [0.4, 0.5) is 0 Å². The average Bonchev–Trinajstić information content (AvgIpc) is 2.72. The summed E-state index contributed by atoms with van der Waals surface area (Å²) >= 11 is 0. The lowest BCUT2D eigenvalue weighted by atomic mass is 9.70. The molecule has 0 aromatic rings. The van der Waals surface area contributed by atoms with E-state index in [1.807, 2.05) is 0 Å². The fourth-order valence-corrected chi connectivity index (χ4v) is 4.71. The maximum atomic E-state index is 6.55. The van der Waals surface area contributed by atoms with Crippen LogP contribution < -0.4 is 0 Å². The van der Waals surface area contributed by atoms with Gasteiger partial charge in [0.2, 0.25) is 0 Å². The maximum Gasteiger partial charge on any atom is 0.114 e. The number of ether oxygens (including phenoxy) is 1. The number of nitrogens with zero attached hydrogens (tertiary/aromatic N) is 1. The van der Waals surface area contributed by atoms with Gasteiger partial charge in [0.25, 0.3) is 0 Å². The van der Waals surface area contributed by atoms with Gasteiger partial charge in [-0.15, -0.1) is 0 Å². The van der Waals surface area contributed by atoms with Crippen LogP contribution in [0.5, 0.6) is 0 Å². The molecule has 104 valence electrons. The van der Waals surface area contributed by atoms with Crippen molar-refractivity contribution in [2.75, 3.05) is 6.54 Å². The Labute approximate surface area is 112 Å². The van der Waals surface area contributed by atoms with Gasteiger partial charge in [-0.1, -0.05) is 20.3 Å². The Morgan fingerprint density at radius 3 is 2.72 bits per heavy atom. The molecule has 18 heavy (non-hydrogen) atoms. The molecule has 0 unspecified atom stereocenters. The van der Waals surface area contributed by atoms with Gasteiger partial charge in [-0.05, 0) is 51.4 Å². The van der Waals surface area contributed by atoms with E-state index in [0.29, 0.717) is 17.9 Å². The van der Waals surface area contributed by atoms with E-state index in [0.717, 1.165) is 17.8 Å². The Morgan fingerprint density at radius 1 is 1.22 bits per heavy atom. The summed E-state index contributed by atoms with van der Waals surface area (Å²) in [6.07, 6.45) is 7.58. The Hall–Kier alpha value is -0.0800. The molecule has 2 heterocycles. The van der Waals surface area contributed by atoms with Crippen molar-refractivity contribution >= 4 is 0 Å².